The summed E-state index contributed by atoms with van der Waals surface area (Å²) in [5.74, 6) is 0.848. The van der Waals surface area contributed by atoms with Gasteiger partial charge < -0.3 is 10.4 Å². The average molecular weight is 241 g/mol. The van der Waals surface area contributed by atoms with Crippen molar-refractivity contribution in [3.63, 3.8) is 0 Å². The van der Waals surface area contributed by atoms with E-state index in [1.54, 1.807) is 12.1 Å². The molecule has 0 aromatic heterocycles. The summed E-state index contributed by atoms with van der Waals surface area (Å²) in [6.07, 6.45) is 0. The number of benzene rings is 2. The van der Waals surface area contributed by atoms with E-state index in [1.807, 2.05) is 12.1 Å². The Labute approximate surface area is 108 Å². The first-order valence-electron chi connectivity index (χ1n) is 6.27. The second kappa shape index (κ2) is 5.58. The molecule has 0 atom stereocenters. The molecule has 94 valence electrons. The van der Waals surface area contributed by atoms with Crippen LogP contribution in [0.25, 0.3) is 0 Å². The molecule has 0 aliphatic carbocycles. The molecule has 0 bridgehead atoms. The first kappa shape index (κ1) is 12.5. The van der Waals surface area contributed by atoms with E-state index in [4.69, 9.17) is 0 Å². The van der Waals surface area contributed by atoms with Crippen LogP contribution in [0.15, 0.2) is 48.5 Å². The lowest BCUT2D eigenvalue weighted by atomic mass is 10.0. The largest absolute Gasteiger partial charge is 0.508 e. The van der Waals surface area contributed by atoms with Gasteiger partial charge in [0, 0.05) is 12.2 Å². The topological polar surface area (TPSA) is 32.3 Å². The molecule has 2 aromatic rings. The Morgan fingerprint density at radius 2 is 1.78 bits per heavy atom. The third kappa shape index (κ3) is 3.27. The van der Waals surface area contributed by atoms with E-state index in [-0.39, 0.29) is 0 Å². The van der Waals surface area contributed by atoms with E-state index in [9.17, 15) is 5.11 Å². The predicted octanol–water partition coefficient (Wildman–Crippen LogP) is 4.13. The quantitative estimate of drug-likeness (QED) is 0.843. The van der Waals surface area contributed by atoms with E-state index < -0.39 is 0 Å². The SMILES string of the molecule is CC(C)c1cccc(NCc2ccc(O)cc2)c1. The fourth-order valence-corrected chi connectivity index (χ4v) is 1.83. The zero-order chi connectivity index (χ0) is 13.0. The van der Waals surface area contributed by atoms with Gasteiger partial charge in [-0.05, 0) is 41.3 Å². The van der Waals surface area contributed by atoms with Crippen molar-refractivity contribution in [2.24, 2.45) is 0 Å². The molecule has 2 aromatic carbocycles. The summed E-state index contributed by atoms with van der Waals surface area (Å²) in [7, 11) is 0. The summed E-state index contributed by atoms with van der Waals surface area (Å²) in [5.41, 5.74) is 3.63. The summed E-state index contributed by atoms with van der Waals surface area (Å²) < 4.78 is 0. The minimum atomic E-state index is 0.306. The van der Waals surface area contributed by atoms with Gasteiger partial charge in [-0.3, -0.25) is 0 Å². The molecule has 18 heavy (non-hydrogen) atoms. The van der Waals surface area contributed by atoms with Crippen LogP contribution in [0, 0.1) is 0 Å². The Hall–Kier alpha value is -1.96. The summed E-state index contributed by atoms with van der Waals surface area (Å²) >= 11 is 0. The third-order valence-electron chi connectivity index (χ3n) is 2.99. The Kier molecular flexibility index (Phi) is 3.88. The molecule has 0 radical (unpaired) electrons. The number of hydrogen-bond donors (Lipinski definition) is 2. The molecule has 2 heteroatoms. The van der Waals surface area contributed by atoms with Crippen molar-refractivity contribution in [3.05, 3.63) is 59.7 Å². The van der Waals surface area contributed by atoms with Crippen molar-refractivity contribution in [1.82, 2.24) is 0 Å². The molecular weight excluding hydrogens is 222 g/mol. The molecule has 0 spiro atoms. The molecular formula is C16H19NO. The molecule has 0 fully saturated rings. The highest BCUT2D eigenvalue weighted by Gasteiger charge is 2.00. The first-order valence-corrected chi connectivity index (χ1v) is 6.27. The Morgan fingerprint density at radius 1 is 1.06 bits per heavy atom. The molecule has 0 saturated carbocycles. The van der Waals surface area contributed by atoms with Crippen LogP contribution >= 0.6 is 0 Å². The van der Waals surface area contributed by atoms with Gasteiger partial charge in [0.15, 0.2) is 0 Å². The van der Waals surface area contributed by atoms with Gasteiger partial charge >= 0.3 is 0 Å². The van der Waals surface area contributed by atoms with Crippen LogP contribution in [0.1, 0.15) is 30.9 Å². The lowest BCUT2D eigenvalue weighted by molar-refractivity contribution is 0.475. The second-order valence-corrected chi connectivity index (χ2v) is 4.80. The van der Waals surface area contributed by atoms with Crippen LogP contribution in [-0.4, -0.2) is 5.11 Å². The molecule has 0 aliphatic rings. The molecule has 0 aliphatic heterocycles. The van der Waals surface area contributed by atoms with Crippen molar-refractivity contribution in [1.29, 1.82) is 0 Å². The van der Waals surface area contributed by atoms with E-state index in [2.05, 4.69) is 43.4 Å². The number of hydrogen-bond acceptors (Lipinski definition) is 2. The number of anilines is 1. The normalized spacial score (nSPS) is 10.6. The zero-order valence-electron chi connectivity index (χ0n) is 10.9. The molecule has 2 N–H and O–H groups in total. The highest BCUT2D eigenvalue weighted by atomic mass is 16.3. The Bertz CT molecular complexity index is 503. The van der Waals surface area contributed by atoms with E-state index in [0.717, 1.165) is 17.8 Å². The monoisotopic (exact) mass is 241 g/mol. The third-order valence-corrected chi connectivity index (χ3v) is 2.99. The van der Waals surface area contributed by atoms with Crippen LogP contribution in [0.2, 0.25) is 0 Å². The lowest BCUT2D eigenvalue weighted by Gasteiger charge is -2.10. The van der Waals surface area contributed by atoms with Crippen molar-refractivity contribution in [2.45, 2.75) is 26.3 Å². The van der Waals surface area contributed by atoms with Gasteiger partial charge in [0.05, 0.1) is 0 Å². The second-order valence-electron chi connectivity index (χ2n) is 4.80. The fraction of sp³-hybridized carbons (Fsp3) is 0.250. The predicted molar refractivity (Wildman–Crippen MR) is 76.0 cm³/mol. The minimum absolute atomic E-state index is 0.306. The average Bonchev–Trinajstić information content (AvgIpc) is 2.38. The summed E-state index contributed by atoms with van der Waals surface area (Å²) in [4.78, 5) is 0. The van der Waals surface area contributed by atoms with Crippen molar-refractivity contribution in [2.75, 3.05) is 5.32 Å². The molecule has 0 saturated heterocycles. The van der Waals surface area contributed by atoms with Gasteiger partial charge in [0.25, 0.3) is 0 Å². The van der Waals surface area contributed by atoms with Crippen molar-refractivity contribution in [3.8, 4) is 5.75 Å². The van der Waals surface area contributed by atoms with E-state index in [1.165, 1.54) is 5.56 Å². The number of phenols is 1. The van der Waals surface area contributed by atoms with E-state index in [0.29, 0.717) is 11.7 Å². The highest BCUT2D eigenvalue weighted by Crippen LogP contribution is 2.19. The summed E-state index contributed by atoms with van der Waals surface area (Å²) in [6.45, 7) is 5.15. The van der Waals surface area contributed by atoms with Crippen LogP contribution in [-0.2, 0) is 6.54 Å². The van der Waals surface area contributed by atoms with Gasteiger partial charge in [-0.1, -0.05) is 38.1 Å². The highest BCUT2D eigenvalue weighted by molar-refractivity contribution is 5.47. The number of aromatic hydroxyl groups is 1. The van der Waals surface area contributed by atoms with Gasteiger partial charge in [-0.25, -0.2) is 0 Å². The van der Waals surface area contributed by atoms with Crippen LogP contribution in [0.4, 0.5) is 5.69 Å². The number of nitrogens with one attached hydrogen (secondary N) is 1. The maximum absolute atomic E-state index is 9.22. The van der Waals surface area contributed by atoms with Gasteiger partial charge in [0.1, 0.15) is 5.75 Å². The number of rotatable bonds is 4. The molecule has 0 heterocycles. The van der Waals surface area contributed by atoms with Crippen LogP contribution in [0.3, 0.4) is 0 Å². The summed E-state index contributed by atoms with van der Waals surface area (Å²) in [6, 6.07) is 15.8. The maximum Gasteiger partial charge on any atom is 0.115 e. The summed E-state index contributed by atoms with van der Waals surface area (Å²) in [5, 5.41) is 12.6. The standard InChI is InChI=1S/C16H19NO/c1-12(2)14-4-3-5-15(10-14)17-11-13-6-8-16(18)9-7-13/h3-10,12,17-18H,11H2,1-2H3. The lowest BCUT2D eigenvalue weighted by Crippen LogP contribution is -2.00. The molecule has 2 nitrogen and oxygen atoms in total. The van der Waals surface area contributed by atoms with Crippen LogP contribution in [0.5, 0.6) is 5.75 Å². The molecule has 2 rings (SSSR count). The number of phenolic OH excluding ortho intramolecular Hbond substituents is 1. The Morgan fingerprint density at radius 3 is 2.44 bits per heavy atom. The molecule has 0 unspecified atom stereocenters. The zero-order valence-corrected chi connectivity index (χ0v) is 10.9. The Balaban J connectivity index is 2.01. The minimum Gasteiger partial charge on any atom is -0.508 e. The smallest absolute Gasteiger partial charge is 0.115 e. The van der Waals surface area contributed by atoms with Crippen molar-refractivity contribution >= 4 is 5.69 Å². The van der Waals surface area contributed by atoms with Crippen molar-refractivity contribution < 1.29 is 5.11 Å². The fourth-order valence-electron chi connectivity index (χ4n) is 1.83. The van der Waals surface area contributed by atoms with Crippen LogP contribution < -0.4 is 5.32 Å². The van der Waals surface area contributed by atoms with Gasteiger partial charge in [-0.15, -0.1) is 0 Å². The van der Waals surface area contributed by atoms with Gasteiger partial charge in [0.2, 0.25) is 0 Å². The first-order chi connectivity index (χ1) is 8.65. The molecule has 0 amide bonds. The van der Waals surface area contributed by atoms with E-state index >= 15 is 0 Å². The van der Waals surface area contributed by atoms with Gasteiger partial charge in [-0.2, -0.15) is 0 Å². The maximum atomic E-state index is 9.22.